The standard InChI is InChI=1S/C2H2BO4P.Li.H/c3-6-1(4)2(5)7-8;;/h8H2;;/q;+1;-1. The Balaban J connectivity index is -0.000000245. The summed E-state index contributed by atoms with van der Waals surface area (Å²) in [6.07, 6.45) is 0. The van der Waals surface area contributed by atoms with Crippen molar-refractivity contribution in [2.75, 3.05) is 0 Å². The van der Waals surface area contributed by atoms with Gasteiger partial charge in [0.15, 0.2) is 0 Å². The normalized spacial score (nSPS) is 6.78. The van der Waals surface area contributed by atoms with Crippen LogP contribution in [0.4, 0.5) is 0 Å². The molecule has 7 heteroatoms. The summed E-state index contributed by atoms with van der Waals surface area (Å²) in [5.74, 6) is -2.36. The van der Waals surface area contributed by atoms with Gasteiger partial charge in [-0.25, -0.2) is 9.59 Å². The van der Waals surface area contributed by atoms with Crippen LogP contribution < -0.4 is 18.9 Å². The van der Waals surface area contributed by atoms with Crippen molar-refractivity contribution in [3.05, 3.63) is 0 Å². The second-order valence-corrected chi connectivity index (χ2v) is 1.05. The fourth-order valence-electron chi connectivity index (χ4n) is 0.0962. The molecule has 0 spiro atoms. The number of carbonyl (C=O) groups excluding carboxylic acids is 2. The van der Waals surface area contributed by atoms with Gasteiger partial charge in [0.05, 0.1) is 9.47 Å². The molecule has 1 atom stereocenters. The summed E-state index contributed by atoms with van der Waals surface area (Å²) >= 11 is 0. The predicted octanol–water partition coefficient (Wildman–Crippen LogP) is -3.94. The molecule has 0 N–H and O–H groups in total. The van der Waals surface area contributed by atoms with Gasteiger partial charge >= 0.3 is 38.8 Å². The van der Waals surface area contributed by atoms with E-state index in [0.29, 0.717) is 0 Å². The Morgan fingerprint density at radius 3 is 2.00 bits per heavy atom. The minimum Gasteiger partial charge on any atom is -1.00 e. The van der Waals surface area contributed by atoms with Crippen LogP contribution in [-0.4, -0.2) is 20.0 Å². The van der Waals surface area contributed by atoms with E-state index in [1.165, 1.54) is 0 Å². The zero-order chi connectivity index (χ0) is 6.57. The fourth-order valence-corrected chi connectivity index (χ4v) is 0.192. The van der Waals surface area contributed by atoms with E-state index in [2.05, 4.69) is 17.2 Å². The number of hydrogen-bond donors (Lipinski definition) is 0. The molecule has 0 saturated heterocycles. The monoisotopic (exact) mass is 140 g/mol. The van der Waals surface area contributed by atoms with E-state index < -0.39 is 11.9 Å². The van der Waals surface area contributed by atoms with E-state index in [-0.39, 0.29) is 20.3 Å². The quantitative estimate of drug-likeness (QED) is 0.196. The average Bonchev–Trinajstić information content (AvgIpc) is 1.84. The third-order valence-electron chi connectivity index (χ3n) is 0.381. The van der Waals surface area contributed by atoms with Gasteiger partial charge in [0, 0.05) is 0 Å². The molecule has 2 radical (unpaired) electrons. The van der Waals surface area contributed by atoms with Crippen LogP contribution in [-0.2, 0) is 18.8 Å². The predicted molar refractivity (Wildman–Crippen MR) is 28.8 cm³/mol. The summed E-state index contributed by atoms with van der Waals surface area (Å²) in [4.78, 5) is 19.9. The van der Waals surface area contributed by atoms with Gasteiger partial charge in [-0.3, -0.25) is 0 Å². The zero-order valence-electron chi connectivity index (χ0n) is 5.79. The Bertz CT molecular complexity index is 108. The Kier molecular flexibility index (Phi) is 8.06. The van der Waals surface area contributed by atoms with E-state index in [1.807, 2.05) is 0 Å². The first-order valence-corrected chi connectivity index (χ1v) is 2.01. The summed E-state index contributed by atoms with van der Waals surface area (Å²) in [6.45, 7) is 0. The van der Waals surface area contributed by atoms with Gasteiger partial charge in [-0.1, -0.05) is 0 Å². The molecule has 1 unspecified atom stereocenters. The molecule has 0 saturated carbocycles. The summed E-state index contributed by atoms with van der Waals surface area (Å²) in [5, 5.41) is 0. The topological polar surface area (TPSA) is 52.6 Å². The third-order valence-corrected chi connectivity index (χ3v) is 0.595. The average molecular weight is 140 g/mol. The van der Waals surface area contributed by atoms with Crippen molar-refractivity contribution in [3.63, 3.8) is 0 Å². The van der Waals surface area contributed by atoms with Crippen molar-refractivity contribution >= 4 is 29.5 Å². The molecule has 0 rings (SSSR count). The summed E-state index contributed by atoms with van der Waals surface area (Å²) in [5.41, 5.74) is 0. The van der Waals surface area contributed by atoms with Crippen molar-refractivity contribution in [2.45, 2.75) is 0 Å². The minimum atomic E-state index is -1.22. The molecule has 0 aliphatic heterocycles. The molecule has 0 aromatic rings. The van der Waals surface area contributed by atoms with Gasteiger partial charge in [-0.2, -0.15) is 0 Å². The van der Waals surface area contributed by atoms with Crippen molar-refractivity contribution < 1.29 is 39.1 Å². The van der Waals surface area contributed by atoms with Crippen molar-refractivity contribution in [2.24, 2.45) is 0 Å². The van der Waals surface area contributed by atoms with E-state index in [9.17, 15) is 9.59 Å². The molecule has 0 heterocycles. The Hall–Kier alpha value is 0.0323. The van der Waals surface area contributed by atoms with Gasteiger partial charge in [0.2, 0.25) is 0 Å². The molecular weight excluding hydrogens is 137 g/mol. The second-order valence-electron chi connectivity index (χ2n) is 0.811. The van der Waals surface area contributed by atoms with Gasteiger partial charge in [-0.05, 0) is 0 Å². The third kappa shape index (κ3) is 4.53. The van der Waals surface area contributed by atoms with Crippen LogP contribution in [0.3, 0.4) is 0 Å². The molecule has 0 fully saturated rings. The Labute approximate surface area is 69.0 Å². The number of hydrogen-bond acceptors (Lipinski definition) is 4. The molecule has 0 amide bonds. The van der Waals surface area contributed by atoms with Crippen LogP contribution >= 0.6 is 9.47 Å². The van der Waals surface area contributed by atoms with Crippen molar-refractivity contribution in [1.29, 1.82) is 0 Å². The maximum atomic E-state index is 9.95. The van der Waals surface area contributed by atoms with Crippen LogP contribution in [0, 0.1) is 0 Å². The van der Waals surface area contributed by atoms with Gasteiger partial charge < -0.3 is 10.6 Å². The summed E-state index contributed by atoms with van der Waals surface area (Å²) < 4.78 is 7.30. The van der Waals surface area contributed by atoms with Crippen molar-refractivity contribution in [1.82, 2.24) is 0 Å². The fraction of sp³-hybridized carbons (Fsp3) is 0. The number of carbonyl (C=O) groups is 2. The molecule has 0 aliphatic carbocycles. The second kappa shape index (κ2) is 6.16. The van der Waals surface area contributed by atoms with E-state index in [4.69, 9.17) is 0 Å². The summed E-state index contributed by atoms with van der Waals surface area (Å²) in [7, 11) is 5.87. The van der Waals surface area contributed by atoms with Gasteiger partial charge in [0.1, 0.15) is 0 Å². The zero-order valence-corrected chi connectivity index (χ0v) is 5.94. The van der Waals surface area contributed by atoms with Crippen LogP contribution in [0.2, 0.25) is 0 Å². The molecule has 44 valence electrons. The molecular formula is C2H3BLiO4P. The van der Waals surface area contributed by atoms with E-state index in [0.717, 1.165) is 0 Å². The first-order valence-electron chi connectivity index (χ1n) is 1.54. The maximum absolute atomic E-state index is 9.95. The molecule has 9 heavy (non-hydrogen) atoms. The molecule has 0 bridgehead atoms. The molecule has 0 aromatic carbocycles. The minimum absolute atomic E-state index is 0. The Morgan fingerprint density at radius 2 is 1.89 bits per heavy atom. The summed E-state index contributed by atoms with van der Waals surface area (Å²) in [6, 6.07) is 0. The Morgan fingerprint density at radius 1 is 1.44 bits per heavy atom. The van der Waals surface area contributed by atoms with E-state index >= 15 is 0 Å². The first-order chi connectivity index (χ1) is 3.72. The largest absolute Gasteiger partial charge is 1.00 e. The number of rotatable bonds is 0. The van der Waals surface area contributed by atoms with Crippen LogP contribution in [0.1, 0.15) is 1.43 Å². The molecule has 0 aromatic heterocycles. The first kappa shape index (κ1) is 11.8. The van der Waals surface area contributed by atoms with Crippen LogP contribution in [0.25, 0.3) is 0 Å². The molecule has 0 aliphatic rings. The smallest absolute Gasteiger partial charge is 1.00 e. The van der Waals surface area contributed by atoms with E-state index in [1.54, 1.807) is 9.47 Å². The maximum Gasteiger partial charge on any atom is 1.00 e. The van der Waals surface area contributed by atoms with Gasteiger partial charge in [0.25, 0.3) is 0 Å². The van der Waals surface area contributed by atoms with Crippen LogP contribution in [0.15, 0.2) is 0 Å². The van der Waals surface area contributed by atoms with Crippen LogP contribution in [0.5, 0.6) is 0 Å². The van der Waals surface area contributed by atoms with Crippen molar-refractivity contribution in [3.8, 4) is 0 Å². The molecule has 4 nitrogen and oxygen atoms in total. The van der Waals surface area contributed by atoms with Gasteiger partial charge in [-0.15, -0.1) is 0 Å². The SMILES string of the molecule is [B]OC(=O)C(=O)OP.[H-].[Li+].